The van der Waals surface area contributed by atoms with Gasteiger partial charge in [0.2, 0.25) is 0 Å². The van der Waals surface area contributed by atoms with Crippen molar-refractivity contribution in [3.05, 3.63) is 26.6 Å². The van der Waals surface area contributed by atoms with Gasteiger partial charge in [-0.2, -0.15) is 0 Å². The summed E-state index contributed by atoms with van der Waals surface area (Å²) in [5.74, 6) is -0.751. The van der Waals surface area contributed by atoms with E-state index >= 15 is 0 Å². The number of ether oxygens (including phenoxy) is 1. The number of hydrogen-bond donors (Lipinski definition) is 0. The maximum atomic E-state index is 12.7. The Hall–Kier alpha value is -0.790. The van der Waals surface area contributed by atoms with Gasteiger partial charge in [-0.15, -0.1) is 0 Å². The molecule has 0 saturated heterocycles. The minimum absolute atomic E-state index is 0.128. The van der Waals surface area contributed by atoms with Gasteiger partial charge in [-0.3, -0.25) is 0 Å². The van der Waals surface area contributed by atoms with Crippen molar-refractivity contribution in [2.75, 3.05) is 6.61 Å². The number of carbonyl (C=O) groups is 1. The van der Waals surface area contributed by atoms with Crippen LogP contribution >= 0.6 is 22.6 Å². The van der Waals surface area contributed by atoms with Crippen LogP contribution in [0.1, 0.15) is 35.0 Å². The fourth-order valence-corrected chi connectivity index (χ4v) is 2.00. The second-order valence-corrected chi connectivity index (χ2v) is 4.12. The Bertz CT molecular complexity index is 410. The van der Waals surface area contributed by atoms with Crippen LogP contribution in [0.15, 0.2) is 6.07 Å². The molecule has 0 saturated carbocycles. The van der Waals surface area contributed by atoms with E-state index in [4.69, 9.17) is 4.74 Å². The number of pyridine rings is 1. The summed E-state index contributed by atoms with van der Waals surface area (Å²) >= 11 is 1.83. The lowest BCUT2D eigenvalue weighted by Crippen LogP contribution is -2.12. The molecule has 3 nitrogen and oxygen atoms in total. The topological polar surface area (TPSA) is 39.2 Å². The Morgan fingerprint density at radius 2 is 2.25 bits per heavy atom. The highest BCUT2D eigenvalue weighted by atomic mass is 127. The summed E-state index contributed by atoms with van der Waals surface area (Å²) in [6, 6.07) is 1.20. The third-order valence-electron chi connectivity index (χ3n) is 1.91. The normalized spacial score (nSPS) is 10.6. The first-order valence-corrected chi connectivity index (χ1v) is 5.67. The van der Waals surface area contributed by atoms with Crippen molar-refractivity contribution in [1.29, 1.82) is 0 Å². The molecule has 0 spiro atoms. The van der Waals surface area contributed by atoms with Gasteiger partial charge in [-0.25, -0.2) is 18.6 Å². The average molecular weight is 341 g/mol. The number of rotatable bonds is 3. The van der Waals surface area contributed by atoms with Crippen LogP contribution in [0, 0.1) is 10.6 Å². The third kappa shape index (κ3) is 2.87. The van der Waals surface area contributed by atoms with Crippen molar-refractivity contribution in [3.63, 3.8) is 0 Å². The largest absolute Gasteiger partial charge is 0.462 e. The van der Waals surface area contributed by atoms with Gasteiger partial charge in [0.15, 0.2) is 0 Å². The van der Waals surface area contributed by atoms with Crippen molar-refractivity contribution in [1.82, 2.24) is 4.98 Å². The van der Waals surface area contributed by atoms with Crippen LogP contribution in [0.3, 0.4) is 0 Å². The van der Waals surface area contributed by atoms with Crippen LogP contribution in [0.5, 0.6) is 0 Å². The molecule has 0 aliphatic heterocycles. The van der Waals surface area contributed by atoms with Crippen molar-refractivity contribution in [2.24, 2.45) is 0 Å². The van der Waals surface area contributed by atoms with E-state index in [0.29, 0.717) is 3.70 Å². The van der Waals surface area contributed by atoms with Crippen molar-refractivity contribution in [3.8, 4) is 0 Å². The Labute approximate surface area is 105 Å². The highest BCUT2D eigenvalue weighted by Gasteiger charge is 2.23. The molecule has 0 unspecified atom stereocenters. The molecule has 1 aromatic heterocycles. The highest BCUT2D eigenvalue weighted by molar-refractivity contribution is 14.1. The van der Waals surface area contributed by atoms with Gasteiger partial charge in [0.05, 0.1) is 17.9 Å². The Morgan fingerprint density at radius 1 is 1.62 bits per heavy atom. The molecule has 0 aromatic carbocycles. The van der Waals surface area contributed by atoms with Crippen molar-refractivity contribution in [2.45, 2.75) is 20.3 Å². The predicted octanol–water partition coefficient (Wildman–Crippen LogP) is 3.11. The summed E-state index contributed by atoms with van der Waals surface area (Å²) in [5, 5.41) is 0. The van der Waals surface area contributed by atoms with Gasteiger partial charge in [0.25, 0.3) is 6.43 Å². The van der Waals surface area contributed by atoms with E-state index in [0.717, 1.165) is 0 Å². The summed E-state index contributed by atoms with van der Waals surface area (Å²) in [7, 11) is 0. The van der Waals surface area contributed by atoms with E-state index in [1.54, 1.807) is 6.92 Å². The monoisotopic (exact) mass is 341 g/mol. The number of carbonyl (C=O) groups excluding carboxylic acids is 1. The minimum atomic E-state index is -2.71. The number of alkyl halides is 2. The van der Waals surface area contributed by atoms with E-state index in [9.17, 15) is 13.6 Å². The van der Waals surface area contributed by atoms with Crippen LogP contribution in [-0.2, 0) is 4.74 Å². The molecule has 16 heavy (non-hydrogen) atoms. The molecule has 1 aromatic rings. The molecule has 0 amide bonds. The molecule has 1 rings (SSSR count). The maximum absolute atomic E-state index is 12.7. The lowest BCUT2D eigenvalue weighted by Gasteiger charge is -2.10. The van der Waals surface area contributed by atoms with Crippen LogP contribution in [-0.4, -0.2) is 17.6 Å². The average Bonchev–Trinajstić information content (AvgIpc) is 2.16. The van der Waals surface area contributed by atoms with Crippen LogP contribution in [0.2, 0.25) is 0 Å². The van der Waals surface area contributed by atoms with Gasteiger partial charge in [-0.05, 0) is 42.5 Å². The molecule has 0 aliphatic rings. The van der Waals surface area contributed by atoms with Gasteiger partial charge >= 0.3 is 5.97 Å². The number of esters is 1. The maximum Gasteiger partial charge on any atom is 0.340 e. The molecule has 1 heterocycles. The molecule has 0 fully saturated rings. The molecular formula is C10H10F2INO2. The molecule has 0 atom stereocenters. The number of nitrogens with zero attached hydrogens (tertiary/aromatic N) is 1. The molecule has 88 valence electrons. The minimum Gasteiger partial charge on any atom is -0.462 e. The van der Waals surface area contributed by atoms with Crippen LogP contribution < -0.4 is 0 Å². The molecule has 0 bridgehead atoms. The first-order chi connectivity index (χ1) is 7.47. The van der Waals surface area contributed by atoms with Gasteiger partial charge in [0.1, 0.15) is 3.70 Å². The highest BCUT2D eigenvalue weighted by Crippen LogP contribution is 2.26. The second kappa shape index (κ2) is 5.51. The predicted molar refractivity (Wildman–Crippen MR) is 62.6 cm³/mol. The summed E-state index contributed by atoms with van der Waals surface area (Å²) in [5.41, 5.74) is -0.187. The number of hydrogen-bond acceptors (Lipinski definition) is 3. The van der Waals surface area contributed by atoms with E-state index in [2.05, 4.69) is 4.98 Å². The summed E-state index contributed by atoms with van der Waals surface area (Å²) in [6.45, 7) is 3.28. The van der Waals surface area contributed by atoms with E-state index in [-0.39, 0.29) is 23.4 Å². The molecule has 6 heteroatoms. The molecule has 0 radical (unpaired) electrons. The number of halogens is 3. The Kier molecular flexibility index (Phi) is 4.57. The van der Waals surface area contributed by atoms with E-state index < -0.39 is 12.4 Å². The first kappa shape index (κ1) is 13.3. The standard InChI is InChI=1S/C10H10F2INO2/c1-3-16-10(15)8-5(2)14-7(13)4-6(8)9(11)12/h4,9H,3H2,1-2H3. The third-order valence-corrected chi connectivity index (χ3v) is 2.47. The summed E-state index contributed by atoms with van der Waals surface area (Å²) in [4.78, 5) is 15.5. The Balaban J connectivity index is 3.29. The summed E-state index contributed by atoms with van der Waals surface area (Å²) < 4.78 is 30.7. The van der Waals surface area contributed by atoms with Gasteiger partial charge in [-0.1, -0.05) is 0 Å². The number of aryl methyl sites for hydroxylation is 1. The van der Waals surface area contributed by atoms with Crippen LogP contribution in [0.4, 0.5) is 8.78 Å². The fraction of sp³-hybridized carbons (Fsp3) is 0.400. The SMILES string of the molecule is CCOC(=O)c1c(C(F)F)cc(I)nc1C. The summed E-state index contributed by atoms with van der Waals surface area (Å²) in [6.07, 6.45) is -2.71. The van der Waals surface area contributed by atoms with E-state index in [1.807, 2.05) is 22.6 Å². The quantitative estimate of drug-likeness (QED) is 0.482. The smallest absolute Gasteiger partial charge is 0.340 e. The van der Waals surface area contributed by atoms with Crippen LogP contribution in [0.25, 0.3) is 0 Å². The zero-order valence-corrected chi connectivity index (χ0v) is 10.9. The second-order valence-electron chi connectivity index (χ2n) is 3.02. The van der Waals surface area contributed by atoms with Gasteiger partial charge < -0.3 is 4.74 Å². The first-order valence-electron chi connectivity index (χ1n) is 4.59. The molecule has 0 N–H and O–H groups in total. The fourth-order valence-electron chi connectivity index (χ4n) is 1.30. The zero-order valence-electron chi connectivity index (χ0n) is 8.76. The molecular weight excluding hydrogens is 331 g/mol. The molecule has 0 aliphatic carbocycles. The van der Waals surface area contributed by atoms with Gasteiger partial charge in [0, 0.05) is 5.56 Å². The number of aromatic nitrogens is 1. The lowest BCUT2D eigenvalue weighted by molar-refractivity contribution is 0.0513. The van der Waals surface area contributed by atoms with E-state index in [1.165, 1.54) is 13.0 Å². The Morgan fingerprint density at radius 3 is 2.75 bits per heavy atom. The lowest BCUT2D eigenvalue weighted by atomic mass is 10.1. The van der Waals surface area contributed by atoms with Crippen molar-refractivity contribution >= 4 is 28.6 Å². The zero-order chi connectivity index (χ0) is 12.3. The van der Waals surface area contributed by atoms with Crippen molar-refractivity contribution < 1.29 is 18.3 Å².